The van der Waals surface area contributed by atoms with Crippen molar-refractivity contribution in [3.63, 3.8) is 0 Å². The molecule has 8 nitrogen and oxygen atoms in total. The number of nitrogen functional groups attached to an aromatic ring is 1. The third kappa shape index (κ3) is 7.34. The zero-order valence-electron chi connectivity index (χ0n) is 13.3. The maximum Gasteiger partial charge on any atom is 0.322 e. The first-order valence-corrected chi connectivity index (χ1v) is 8.35. The van der Waals surface area contributed by atoms with Gasteiger partial charge in [-0.2, -0.15) is 11.8 Å². The van der Waals surface area contributed by atoms with E-state index in [0.717, 1.165) is 12.2 Å². The Morgan fingerprint density at radius 2 is 2.08 bits per heavy atom. The predicted octanol–water partition coefficient (Wildman–Crippen LogP) is 0.791. The SMILES string of the molecule is COCCCSCC(=O)Nc1cc(C(=O)NCC(=O)O)ccc1N. The van der Waals surface area contributed by atoms with Crippen LogP contribution in [0.2, 0.25) is 0 Å². The van der Waals surface area contributed by atoms with E-state index in [2.05, 4.69) is 10.6 Å². The van der Waals surface area contributed by atoms with Crippen LogP contribution in [-0.4, -0.2) is 54.7 Å². The monoisotopic (exact) mass is 355 g/mol. The molecule has 0 aliphatic rings. The number of anilines is 2. The largest absolute Gasteiger partial charge is 0.480 e. The Hall–Kier alpha value is -2.26. The molecular weight excluding hydrogens is 334 g/mol. The van der Waals surface area contributed by atoms with Crippen LogP contribution in [0.4, 0.5) is 11.4 Å². The van der Waals surface area contributed by atoms with Crippen molar-refractivity contribution in [2.75, 3.05) is 42.8 Å². The molecule has 2 amide bonds. The number of thioether (sulfide) groups is 1. The van der Waals surface area contributed by atoms with Gasteiger partial charge >= 0.3 is 5.97 Å². The molecular formula is C15H21N3O5S. The summed E-state index contributed by atoms with van der Waals surface area (Å²) in [5.74, 6) is -0.862. The smallest absolute Gasteiger partial charge is 0.322 e. The van der Waals surface area contributed by atoms with E-state index in [9.17, 15) is 14.4 Å². The van der Waals surface area contributed by atoms with Gasteiger partial charge in [0.1, 0.15) is 6.54 Å². The molecule has 0 spiro atoms. The Bertz CT molecular complexity index is 594. The van der Waals surface area contributed by atoms with Crippen LogP contribution < -0.4 is 16.4 Å². The van der Waals surface area contributed by atoms with Gasteiger partial charge in [0.25, 0.3) is 5.91 Å². The summed E-state index contributed by atoms with van der Waals surface area (Å²) in [6.07, 6.45) is 0.857. The Balaban J connectivity index is 2.57. The molecule has 0 unspecified atom stereocenters. The number of amides is 2. The molecule has 0 saturated heterocycles. The molecule has 5 N–H and O–H groups in total. The number of rotatable bonds is 10. The standard InChI is InChI=1S/C15H21N3O5S/c1-23-5-2-6-24-9-13(19)18-12-7-10(3-4-11(12)16)15(22)17-8-14(20)21/h3-4,7H,2,5-6,8-9,16H2,1H3,(H,17,22)(H,18,19)(H,20,21). The van der Waals surface area contributed by atoms with E-state index < -0.39 is 18.4 Å². The topological polar surface area (TPSA) is 131 Å². The number of carbonyl (C=O) groups excluding carboxylic acids is 2. The number of carboxylic acid groups (broad SMARTS) is 1. The number of nitrogens with two attached hydrogens (primary N) is 1. The van der Waals surface area contributed by atoms with Crippen molar-refractivity contribution in [1.82, 2.24) is 5.32 Å². The van der Waals surface area contributed by atoms with Crippen LogP contribution in [0.5, 0.6) is 0 Å². The van der Waals surface area contributed by atoms with Crippen molar-refractivity contribution in [3.8, 4) is 0 Å². The summed E-state index contributed by atoms with van der Waals surface area (Å²) >= 11 is 1.47. The fraction of sp³-hybridized carbons (Fsp3) is 0.400. The second-order valence-electron chi connectivity index (χ2n) is 4.83. The molecule has 0 heterocycles. The first kappa shape index (κ1) is 19.8. The lowest BCUT2D eigenvalue weighted by molar-refractivity contribution is -0.135. The summed E-state index contributed by atoms with van der Waals surface area (Å²) in [6, 6.07) is 4.36. The molecule has 1 rings (SSSR count). The lowest BCUT2D eigenvalue weighted by atomic mass is 10.1. The van der Waals surface area contributed by atoms with Crippen LogP contribution in [0.1, 0.15) is 16.8 Å². The molecule has 0 radical (unpaired) electrons. The Labute approximate surface area is 144 Å². The molecule has 9 heteroatoms. The van der Waals surface area contributed by atoms with Crippen LogP contribution in [0.15, 0.2) is 18.2 Å². The van der Waals surface area contributed by atoms with Crippen molar-refractivity contribution in [3.05, 3.63) is 23.8 Å². The molecule has 24 heavy (non-hydrogen) atoms. The Morgan fingerprint density at radius 3 is 2.75 bits per heavy atom. The van der Waals surface area contributed by atoms with Gasteiger partial charge in [-0.3, -0.25) is 14.4 Å². The van der Waals surface area contributed by atoms with Gasteiger partial charge in [0.2, 0.25) is 5.91 Å². The highest BCUT2D eigenvalue weighted by Gasteiger charge is 2.11. The first-order valence-electron chi connectivity index (χ1n) is 7.20. The van der Waals surface area contributed by atoms with Gasteiger partial charge in [-0.05, 0) is 30.4 Å². The van der Waals surface area contributed by atoms with E-state index >= 15 is 0 Å². The number of hydrogen-bond acceptors (Lipinski definition) is 6. The minimum Gasteiger partial charge on any atom is -0.480 e. The lowest BCUT2D eigenvalue weighted by Crippen LogP contribution is -2.29. The summed E-state index contributed by atoms with van der Waals surface area (Å²) in [5, 5.41) is 13.5. The van der Waals surface area contributed by atoms with Gasteiger partial charge in [-0.25, -0.2) is 0 Å². The number of ether oxygens (including phenoxy) is 1. The average molecular weight is 355 g/mol. The summed E-state index contributed by atoms with van der Waals surface area (Å²) in [7, 11) is 1.62. The molecule has 0 saturated carbocycles. The maximum absolute atomic E-state index is 11.9. The summed E-state index contributed by atoms with van der Waals surface area (Å²) in [5.41, 5.74) is 6.65. The Kier molecular flexibility index (Phi) is 8.66. The summed E-state index contributed by atoms with van der Waals surface area (Å²) in [6.45, 7) is 0.165. The number of hydrogen-bond donors (Lipinski definition) is 4. The van der Waals surface area contributed by atoms with Crippen molar-refractivity contribution in [2.45, 2.75) is 6.42 Å². The van der Waals surface area contributed by atoms with Crippen LogP contribution in [-0.2, 0) is 14.3 Å². The van der Waals surface area contributed by atoms with E-state index in [1.54, 1.807) is 7.11 Å². The third-order valence-electron chi connectivity index (χ3n) is 2.86. The lowest BCUT2D eigenvalue weighted by Gasteiger charge is -2.10. The molecule has 0 aliphatic carbocycles. The maximum atomic E-state index is 11.9. The molecule has 0 aromatic heterocycles. The van der Waals surface area contributed by atoms with Crippen LogP contribution >= 0.6 is 11.8 Å². The molecule has 1 aromatic rings. The van der Waals surface area contributed by atoms with Gasteiger partial charge in [0.15, 0.2) is 0 Å². The highest BCUT2D eigenvalue weighted by atomic mass is 32.2. The van der Waals surface area contributed by atoms with E-state index in [-0.39, 0.29) is 17.2 Å². The minimum absolute atomic E-state index is 0.216. The summed E-state index contributed by atoms with van der Waals surface area (Å²) < 4.78 is 4.93. The second-order valence-corrected chi connectivity index (χ2v) is 5.93. The van der Waals surface area contributed by atoms with Gasteiger partial charge in [0, 0.05) is 19.3 Å². The number of aliphatic carboxylic acids is 1. The zero-order valence-corrected chi connectivity index (χ0v) is 14.1. The molecule has 0 aliphatic heterocycles. The van der Waals surface area contributed by atoms with E-state index in [4.69, 9.17) is 15.6 Å². The van der Waals surface area contributed by atoms with Gasteiger partial charge in [-0.15, -0.1) is 0 Å². The van der Waals surface area contributed by atoms with Crippen molar-refractivity contribution in [1.29, 1.82) is 0 Å². The molecule has 1 aromatic carbocycles. The number of carboxylic acids is 1. The molecule has 132 valence electrons. The van der Waals surface area contributed by atoms with Gasteiger partial charge in [-0.1, -0.05) is 0 Å². The van der Waals surface area contributed by atoms with Gasteiger partial charge in [0.05, 0.1) is 17.1 Å². The number of carbonyl (C=O) groups is 3. The van der Waals surface area contributed by atoms with E-state index in [0.29, 0.717) is 18.0 Å². The normalized spacial score (nSPS) is 10.2. The second kappa shape index (κ2) is 10.5. The number of methoxy groups -OCH3 is 1. The Morgan fingerprint density at radius 1 is 1.33 bits per heavy atom. The van der Waals surface area contributed by atoms with Crippen molar-refractivity contribution < 1.29 is 24.2 Å². The zero-order chi connectivity index (χ0) is 17.9. The number of nitrogens with one attached hydrogen (secondary N) is 2. The van der Waals surface area contributed by atoms with E-state index in [1.807, 2.05) is 0 Å². The fourth-order valence-electron chi connectivity index (χ4n) is 1.72. The van der Waals surface area contributed by atoms with Gasteiger partial charge < -0.3 is 26.2 Å². The molecule has 0 atom stereocenters. The highest BCUT2D eigenvalue weighted by molar-refractivity contribution is 7.99. The number of benzene rings is 1. The quantitative estimate of drug-likeness (QED) is 0.360. The molecule has 0 fully saturated rings. The van der Waals surface area contributed by atoms with Crippen molar-refractivity contribution in [2.24, 2.45) is 0 Å². The minimum atomic E-state index is -1.14. The van der Waals surface area contributed by atoms with E-state index in [1.165, 1.54) is 30.0 Å². The van der Waals surface area contributed by atoms with Crippen LogP contribution in [0, 0.1) is 0 Å². The highest BCUT2D eigenvalue weighted by Crippen LogP contribution is 2.20. The predicted molar refractivity (Wildman–Crippen MR) is 93.3 cm³/mol. The third-order valence-corrected chi connectivity index (χ3v) is 3.90. The van der Waals surface area contributed by atoms with Crippen molar-refractivity contribution >= 4 is 40.9 Å². The average Bonchev–Trinajstić information content (AvgIpc) is 2.54. The molecule has 0 bridgehead atoms. The fourth-order valence-corrected chi connectivity index (χ4v) is 2.44. The summed E-state index contributed by atoms with van der Waals surface area (Å²) in [4.78, 5) is 34.2. The van der Waals surface area contributed by atoms with Crippen LogP contribution in [0.3, 0.4) is 0 Å². The first-order chi connectivity index (χ1) is 11.4. The van der Waals surface area contributed by atoms with Crippen LogP contribution in [0.25, 0.3) is 0 Å².